The first-order valence-corrected chi connectivity index (χ1v) is 8.02. The third kappa shape index (κ3) is 3.43. The molecule has 1 aromatic heterocycles. The number of carbonyl (C=O) groups is 1. The quantitative estimate of drug-likeness (QED) is 0.874. The molecule has 0 unspecified atom stereocenters. The number of nitrogens with one attached hydrogen (secondary N) is 1. The summed E-state index contributed by atoms with van der Waals surface area (Å²) in [6.07, 6.45) is 10.9. The number of pyridine rings is 1. The Kier molecular flexibility index (Phi) is 3.98. The minimum atomic E-state index is -0.768. The first kappa shape index (κ1) is 14.5. The van der Waals surface area contributed by atoms with E-state index in [0.717, 1.165) is 38.5 Å². The molecule has 2 N–H and O–H groups in total. The van der Waals surface area contributed by atoms with Crippen molar-refractivity contribution in [2.24, 2.45) is 0 Å². The van der Waals surface area contributed by atoms with Gasteiger partial charge in [0.25, 0.3) is 0 Å². The average Bonchev–Trinajstić information content (AvgIpc) is 3.28. The van der Waals surface area contributed by atoms with Gasteiger partial charge in [-0.05, 0) is 43.4 Å². The molecule has 3 rings (SSSR count). The topological polar surface area (TPSA) is 62.2 Å². The van der Waals surface area contributed by atoms with E-state index in [9.17, 15) is 9.90 Å². The number of amides is 1. The Hall–Kier alpha value is -1.42. The lowest BCUT2D eigenvalue weighted by molar-refractivity contribution is -0.127. The lowest BCUT2D eigenvalue weighted by Gasteiger charge is -2.31. The first-order chi connectivity index (χ1) is 10.1. The van der Waals surface area contributed by atoms with Gasteiger partial charge in [0.1, 0.15) is 0 Å². The fraction of sp³-hybridized carbons (Fsp3) is 0.647. The highest BCUT2D eigenvalue weighted by atomic mass is 16.3. The van der Waals surface area contributed by atoms with Gasteiger partial charge in [-0.25, -0.2) is 0 Å². The minimum Gasteiger partial charge on any atom is -0.389 e. The maximum absolute atomic E-state index is 12.1. The zero-order chi connectivity index (χ0) is 14.8. The van der Waals surface area contributed by atoms with Crippen molar-refractivity contribution in [1.29, 1.82) is 0 Å². The van der Waals surface area contributed by atoms with Gasteiger partial charge in [-0.3, -0.25) is 9.78 Å². The molecule has 2 aliphatic carbocycles. The van der Waals surface area contributed by atoms with E-state index in [4.69, 9.17) is 0 Å². The van der Waals surface area contributed by atoms with Gasteiger partial charge < -0.3 is 10.4 Å². The van der Waals surface area contributed by atoms with E-state index in [1.807, 2.05) is 24.5 Å². The molecule has 1 heterocycles. The van der Waals surface area contributed by atoms with Gasteiger partial charge in [-0.2, -0.15) is 0 Å². The Bertz CT molecular complexity index is 491. The van der Waals surface area contributed by atoms with Gasteiger partial charge in [-0.15, -0.1) is 0 Å². The molecule has 0 spiro atoms. The number of carbonyl (C=O) groups excluding carboxylic acids is 1. The summed E-state index contributed by atoms with van der Waals surface area (Å²) in [6.45, 7) is 0.673. The van der Waals surface area contributed by atoms with E-state index in [-0.39, 0.29) is 17.7 Å². The van der Waals surface area contributed by atoms with Gasteiger partial charge in [0.15, 0.2) is 0 Å². The number of hydrogen-bond acceptors (Lipinski definition) is 3. The Morgan fingerprint density at radius 2 is 1.81 bits per heavy atom. The molecular formula is C17H24N2O2. The van der Waals surface area contributed by atoms with Crippen LogP contribution in [-0.2, 0) is 10.2 Å². The van der Waals surface area contributed by atoms with E-state index >= 15 is 0 Å². The van der Waals surface area contributed by atoms with Crippen LogP contribution in [0.5, 0.6) is 0 Å². The Labute approximate surface area is 126 Å². The first-order valence-electron chi connectivity index (χ1n) is 8.02. The molecular weight excluding hydrogens is 264 g/mol. The molecule has 2 saturated carbocycles. The summed E-state index contributed by atoms with van der Waals surface area (Å²) in [6, 6.07) is 4.07. The average molecular weight is 288 g/mol. The van der Waals surface area contributed by atoms with Crippen molar-refractivity contribution in [1.82, 2.24) is 10.3 Å². The fourth-order valence-corrected chi connectivity index (χ4v) is 3.44. The lowest BCUT2D eigenvalue weighted by atomic mass is 9.82. The molecule has 0 aromatic carbocycles. The maximum Gasteiger partial charge on any atom is 0.222 e. The monoisotopic (exact) mass is 288 g/mol. The number of aliphatic hydroxyl groups is 1. The molecule has 0 atom stereocenters. The van der Waals surface area contributed by atoms with E-state index < -0.39 is 5.60 Å². The standard InChI is InChI=1S/C17H24N2O2/c20-15(12-17(21)6-2-1-3-7-17)19-13-16(8-9-16)14-4-10-18-11-5-14/h4-5,10-11,21H,1-3,6-9,12-13H2,(H,19,20). The van der Waals surface area contributed by atoms with E-state index in [2.05, 4.69) is 10.3 Å². The van der Waals surface area contributed by atoms with Gasteiger partial charge >= 0.3 is 0 Å². The molecule has 1 amide bonds. The van der Waals surface area contributed by atoms with Crippen molar-refractivity contribution >= 4 is 5.91 Å². The van der Waals surface area contributed by atoms with Crippen LogP contribution in [0.2, 0.25) is 0 Å². The Balaban J connectivity index is 1.52. The molecule has 4 nitrogen and oxygen atoms in total. The van der Waals surface area contributed by atoms with Gasteiger partial charge in [0.2, 0.25) is 5.91 Å². The zero-order valence-corrected chi connectivity index (χ0v) is 12.5. The highest BCUT2D eigenvalue weighted by molar-refractivity contribution is 5.77. The maximum atomic E-state index is 12.1. The number of hydrogen-bond donors (Lipinski definition) is 2. The van der Waals surface area contributed by atoms with Crippen molar-refractivity contribution in [2.75, 3.05) is 6.54 Å². The van der Waals surface area contributed by atoms with Crippen molar-refractivity contribution in [2.45, 2.75) is 62.4 Å². The van der Waals surface area contributed by atoms with Crippen molar-refractivity contribution in [3.05, 3.63) is 30.1 Å². The van der Waals surface area contributed by atoms with Crippen LogP contribution < -0.4 is 5.32 Å². The molecule has 0 bridgehead atoms. The molecule has 0 radical (unpaired) electrons. The molecule has 2 fully saturated rings. The van der Waals surface area contributed by atoms with Crippen LogP contribution >= 0.6 is 0 Å². The van der Waals surface area contributed by atoms with Crippen LogP contribution in [0.1, 0.15) is 56.9 Å². The summed E-state index contributed by atoms with van der Waals surface area (Å²) in [5, 5.41) is 13.5. The smallest absolute Gasteiger partial charge is 0.222 e. The summed E-state index contributed by atoms with van der Waals surface area (Å²) >= 11 is 0. The van der Waals surface area contributed by atoms with Crippen LogP contribution in [0.4, 0.5) is 0 Å². The molecule has 1 aromatic rings. The van der Waals surface area contributed by atoms with Crippen molar-refractivity contribution < 1.29 is 9.90 Å². The third-order valence-electron chi connectivity index (χ3n) is 5.04. The van der Waals surface area contributed by atoms with E-state index in [0.29, 0.717) is 6.54 Å². The minimum absolute atomic E-state index is 0.0141. The third-order valence-corrected chi connectivity index (χ3v) is 5.04. The molecule has 114 valence electrons. The van der Waals surface area contributed by atoms with E-state index in [1.54, 1.807) is 0 Å². The predicted molar refractivity (Wildman–Crippen MR) is 80.8 cm³/mol. The number of aromatic nitrogens is 1. The predicted octanol–water partition coefficient (Wildman–Crippen LogP) is 2.31. The van der Waals surface area contributed by atoms with Gasteiger partial charge in [0.05, 0.1) is 12.0 Å². The van der Waals surface area contributed by atoms with Gasteiger partial charge in [0, 0.05) is 24.4 Å². The summed E-state index contributed by atoms with van der Waals surface area (Å²) in [4.78, 5) is 16.2. The fourth-order valence-electron chi connectivity index (χ4n) is 3.44. The second-order valence-corrected chi connectivity index (χ2v) is 6.75. The second kappa shape index (κ2) is 5.76. The molecule has 2 aliphatic rings. The summed E-state index contributed by atoms with van der Waals surface area (Å²) < 4.78 is 0. The highest BCUT2D eigenvalue weighted by Crippen LogP contribution is 2.47. The summed E-state index contributed by atoms with van der Waals surface area (Å²) in [5.74, 6) is -0.0141. The number of rotatable bonds is 5. The SMILES string of the molecule is O=C(CC1(O)CCCCC1)NCC1(c2ccncc2)CC1. The van der Waals surface area contributed by atoms with Crippen LogP contribution in [0, 0.1) is 0 Å². The van der Waals surface area contributed by atoms with Crippen molar-refractivity contribution in [3.8, 4) is 0 Å². The van der Waals surface area contributed by atoms with Crippen LogP contribution in [0.3, 0.4) is 0 Å². The second-order valence-electron chi connectivity index (χ2n) is 6.75. The van der Waals surface area contributed by atoms with E-state index in [1.165, 1.54) is 12.0 Å². The van der Waals surface area contributed by atoms with Crippen LogP contribution in [0.25, 0.3) is 0 Å². The van der Waals surface area contributed by atoms with Crippen LogP contribution in [0.15, 0.2) is 24.5 Å². The summed E-state index contributed by atoms with van der Waals surface area (Å²) in [5.41, 5.74) is 0.595. The van der Waals surface area contributed by atoms with Crippen LogP contribution in [-0.4, -0.2) is 28.1 Å². The summed E-state index contributed by atoms with van der Waals surface area (Å²) in [7, 11) is 0. The number of nitrogens with zero attached hydrogens (tertiary/aromatic N) is 1. The lowest BCUT2D eigenvalue weighted by Crippen LogP contribution is -2.40. The molecule has 4 heteroatoms. The highest BCUT2D eigenvalue weighted by Gasteiger charge is 2.44. The normalized spacial score (nSPS) is 22.5. The van der Waals surface area contributed by atoms with Crippen molar-refractivity contribution in [3.63, 3.8) is 0 Å². The zero-order valence-electron chi connectivity index (χ0n) is 12.5. The Morgan fingerprint density at radius 1 is 1.14 bits per heavy atom. The molecule has 0 saturated heterocycles. The van der Waals surface area contributed by atoms with Gasteiger partial charge in [-0.1, -0.05) is 19.3 Å². The largest absolute Gasteiger partial charge is 0.389 e. The molecule has 0 aliphatic heterocycles. The molecule has 21 heavy (non-hydrogen) atoms. The Morgan fingerprint density at radius 3 is 2.43 bits per heavy atom.